The normalized spacial score (nSPS) is 24.7. The highest BCUT2D eigenvalue weighted by atomic mass is 19.1. The Kier molecular flexibility index (Phi) is 9.11. The Morgan fingerprint density at radius 2 is 1.84 bits per heavy atom. The van der Waals surface area contributed by atoms with Gasteiger partial charge in [0.25, 0.3) is 0 Å². The lowest BCUT2D eigenvalue weighted by Gasteiger charge is -2.33. The second-order valence-electron chi connectivity index (χ2n) is 11.1. The fraction of sp³-hybridized carbons (Fsp3) is 0.571. The molecule has 0 amide bonds. The second kappa shape index (κ2) is 11.6. The van der Waals surface area contributed by atoms with Crippen LogP contribution in [0.5, 0.6) is 5.75 Å². The van der Waals surface area contributed by atoms with Crippen molar-refractivity contribution in [2.24, 2.45) is 11.8 Å². The Morgan fingerprint density at radius 1 is 1.16 bits per heavy atom. The number of cyclic esters (lactones) is 1. The van der Waals surface area contributed by atoms with E-state index in [2.05, 4.69) is 0 Å². The molecular formula is C28H39BFNO7. The van der Waals surface area contributed by atoms with Crippen LogP contribution in [0.4, 0.5) is 10.1 Å². The molecule has 2 aliphatic heterocycles. The van der Waals surface area contributed by atoms with Crippen LogP contribution in [0.3, 0.4) is 0 Å². The van der Waals surface area contributed by atoms with Gasteiger partial charge in [-0.05, 0) is 51.9 Å². The van der Waals surface area contributed by atoms with Gasteiger partial charge in [0.05, 0.1) is 18.3 Å². The molecule has 0 bridgehead atoms. The first-order valence-corrected chi connectivity index (χ1v) is 13.0. The van der Waals surface area contributed by atoms with Gasteiger partial charge in [-0.3, -0.25) is 0 Å². The van der Waals surface area contributed by atoms with Gasteiger partial charge in [0.2, 0.25) is 5.79 Å². The number of benzene rings is 1. The zero-order valence-corrected chi connectivity index (χ0v) is 23.5. The van der Waals surface area contributed by atoms with Crippen molar-refractivity contribution in [3.05, 3.63) is 41.2 Å². The number of rotatable bonds is 10. The summed E-state index contributed by atoms with van der Waals surface area (Å²) in [6.07, 6.45) is 4.57. The van der Waals surface area contributed by atoms with Crippen molar-refractivity contribution < 1.29 is 38.0 Å². The van der Waals surface area contributed by atoms with E-state index >= 15 is 4.39 Å². The molecule has 3 rings (SSSR count). The fourth-order valence-electron chi connectivity index (χ4n) is 4.55. The van der Waals surface area contributed by atoms with Crippen LogP contribution < -0.4 is 9.55 Å². The van der Waals surface area contributed by atoms with Gasteiger partial charge < -0.3 is 33.7 Å². The largest absolute Gasteiger partial charge is 0.452 e. The molecule has 1 fully saturated rings. The standard InChI is InChI=1S/C28H39BFNO7/c1-16(18(3)33)12-21(30)17(2)25-22(35-27(4,5)37-25)11-9-10-19-13-20(31(8)29-15-32)14-23-24(19)26(34)38-28(6,7)36-23/h9-10,12-18,22,25,29,33H,11H2,1-8H3/b10-9+,21-12+/t16-,17-,18+,22+,25-/m1/s1. The van der Waals surface area contributed by atoms with Crippen LogP contribution in [0.25, 0.3) is 6.08 Å². The number of ether oxygens (including phenoxy) is 4. The first-order chi connectivity index (χ1) is 17.6. The number of aliphatic hydroxyl groups excluding tert-OH is 1. The predicted octanol–water partition coefficient (Wildman–Crippen LogP) is 4.38. The molecule has 0 saturated carbocycles. The number of nitrogens with zero attached hydrogens (tertiary/aromatic N) is 1. The molecule has 5 atom stereocenters. The first-order valence-electron chi connectivity index (χ1n) is 13.0. The van der Waals surface area contributed by atoms with Gasteiger partial charge in [-0.25, -0.2) is 9.18 Å². The average Bonchev–Trinajstić information content (AvgIpc) is 3.11. The molecule has 1 saturated heterocycles. The summed E-state index contributed by atoms with van der Waals surface area (Å²) in [6.45, 7) is 12.0. The van der Waals surface area contributed by atoms with Crippen molar-refractivity contribution in [2.75, 3.05) is 11.9 Å². The Labute approximate surface area is 225 Å². The maximum Gasteiger partial charge on any atom is 0.345 e. The number of aliphatic hydroxyl groups is 1. The van der Waals surface area contributed by atoms with Gasteiger partial charge in [-0.2, -0.15) is 0 Å². The Bertz CT molecular complexity index is 1100. The van der Waals surface area contributed by atoms with E-state index in [1.54, 1.807) is 78.5 Å². The molecule has 0 spiro atoms. The lowest BCUT2D eigenvalue weighted by molar-refractivity contribution is -0.149. The summed E-state index contributed by atoms with van der Waals surface area (Å²) >= 11 is 0. The molecule has 38 heavy (non-hydrogen) atoms. The summed E-state index contributed by atoms with van der Waals surface area (Å²) in [5, 5.41) is 9.75. The number of carbonyl (C=O) groups is 2. The van der Waals surface area contributed by atoms with E-state index in [0.717, 1.165) is 6.19 Å². The van der Waals surface area contributed by atoms with Crippen molar-refractivity contribution in [1.82, 2.24) is 0 Å². The number of esters is 1. The SMILES string of the molecule is C[C@H](O)[C@H](C)/C=C(/F)[C@@H](C)[C@H]1OC(C)(C)O[C@H]1C/C=C/c1cc(N(C)BC=O)cc2c1C(=O)OC(C)(C)O2. The van der Waals surface area contributed by atoms with Crippen molar-refractivity contribution >= 4 is 31.3 Å². The minimum atomic E-state index is -1.13. The average molecular weight is 531 g/mol. The van der Waals surface area contributed by atoms with Crippen LogP contribution in [0.2, 0.25) is 0 Å². The number of fused-ring (bicyclic) bond motifs is 1. The molecule has 0 unspecified atom stereocenters. The summed E-state index contributed by atoms with van der Waals surface area (Å²) < 4.78 is 38.6. The molecule has 0 radical (unpaired) electrons. The van der Waals surface area contributed by atoms with Gasteiger partial charge in [-0.1, -0.05) is 26.0 Å². The fourth-order valence-corrected chi connectivity index (χ4v) is 4.55. The Hall–Kier alpha value is -2.69. The van der Waals surface area contributed by atoms with Crippen LogP contribution in [0, 0.1) is 11.8 Å². The topological polar surface area (TPSA) is 94.5 Å². The maximum atomic E-state index is 15.1. The lowest BCUT2D eigenvalue weighted by Crippen LogP contribution is -2.39. The zero-order valence-electron chi connectivity index (χ0n) is 23.5. The molecule has 0 aliphatic carbocycles. The minimum absolute atomic E-state index is 0.171. The molecule has 1 aromatic carbocycles. The van der Waals surface area contributed by atoms with E-state index in [1.165, 1.54) is 6.08 Å². The third kappa shape index (κ3) is 7.04. The number of halogens is 1. The number of carbonyl (C=O) groups excluding carboxylic acids is 2. The summed E-state index contributed by atoms with van der Waals surface area (Å²) in [5.41, 5.74) is 1.56. The van der Waals surface area contributed by atoms with E-state index in [9.17, 15) is 14.7 Å². The lowest BCUT2D eigenvalue weighted by atomic mass is 9.92. The quantitative estimate of drug-likeness (QED) is 0.270. The highest BCUT2D eigenvalue weighted by molar-refractivity contribution is 6.70. The first kappa shape index (κ1) is 29.9. The maximum absolute atomic E-state index is 15.1. The smallest absolute Gasteiger partial charge is 0.345 e. The van der Waals surface area contributed by atoms with Gasteiger partial charge in [0, 0.05) is 37.4 Å². The highest BCUT2D eigenvalue weighted by Gasteiger charge is 2.44. The van der Waals surface area contributed by atoms with Crippen LogP contribution in [-0.2, 0) is 19.0 Å². The van der Waals surface area contributed by atoms with Crippen LogP contribution in [0.15, 0.2) is 30.1 Å². The summed E-state index contributed by atoms with van der Waals surface area (Å²) in [6, 6.07) is 3.51. The molecule has 208 valence electrons. The van der Waals surface area contributed by atoms with Gasteiger partial charge >= 0.3 is 13.4 Å². The van der Waals surface area contributed by atoms with Crippen LogP contribution in [0.1, 0.15) is 70.8 Å². The van der Waals surface area contributed by atoms with Crippen LogP contribution in [-0.4, -0.2) is 61.6 Å². The second-order valence-corrected chi connectivity index (χ2v) is 11.1. The van der Waals surface area contributed by atoms with Gasteiger partial charge in [0.1, 0.15) is 23.3 Å². The summed E-state index contributed by atoms with van der Waals surface area (Å²) in [5.74, 6) is -3.44. The van der Waals surface area contributed by atoms with Crippen molar-refractivity contribution in [1.29, 1.82) is 0 Å². The predicted molar refractivity (Wildman–Crippen MR) is 146 cm³/mol. The third-order valence-corrected chi connectivity index (χ3v) is 6.80. The Morgan fingerprint density at radius 3 is 2.47 bits per heavy atom. The zero-order chi connectivity index (χ0) is 28.4. The van der Waals surface area contributed by atoms with E-state index < -0.39 is 41.8 Å². The molecule has 2 heterocycles. The number of hydrogen-bond donors (Lipinski definition) is 1. The monoisotopic (exact) mass is 531 g/mol. The molecular weight excluding hydrogens is 492 g/mol. The molecule has 10 heteroatoms. The molecule has 1 N–H and O–H groups in total. The van der Waals surface area contributed by atoms with E-state index in [0.29, 0.717) is 29.0 Å². The summed E-state index contributed by atoms with van der Waals surface area (Å²) in [4.78, 5) is 25.7. The highest BCUT2D eigenvalue weighted by Crippen LogP contribution is 2.39. The van der Waals surface area contributed by atoms with Gasteiger partial charge in [-0.15, -0.1) is 0 Å². The number of anilines is 1. The third-order valence-electron chi connectivity index (χ3n) is 6.80. The molecule has 1 aromatic rings. The summed E-state index contributed by atoms with van der Waals surface area (Å²) in [7, 11) is 1.94. The molecule has 8 nitrogen and oxygen atoms in total. The van der Waals surface area contributed by atoms with Gasteiger partial charge in [0.15, 0.2) is 5.79 Å². The Balaban J connectivity index is 1.89. The van der Waals surface area contributed by atoms with Crippen LogP contribution >= 0.6 is 0 Å². The molecule has 2 aliphatic rings. The van der Waals surface area contributed by atoms with Crippen molar-refractivity contribution in [3.8, 4) is 5.75 Å². The molecule has 0 aromatic heterocycles. The van der Waals surface area contributed by atoms with E-state index in [4.69, 9.17) is 18.9 Å². The van der Waals surface area contributed by atoms with E-state index in [1.807, 2.05) is 6.08 Å². The van der Waals surface area contributed by atoms with E-state index in [-0.39, 0.29) is 19.2 Å². The van der Waals surface area contributed by atoms with Crippen molar-refractivity contribution in [2.45, 2.75) is 84.8 Å². The number of hydrogen-bond acceptors (Lipinski definition) is 8. The van der Waals surface area contributed by atoms with Crippen molar-refractivity contribution in [3.63, 3.8) is 0 Å². The minimum Gasteiger partial charge on any atom is -0.452 e.